The van der Waals surface area contributed by atoms with Crippen molar-refractivity contribution in [3.05, 3.63) is 84.9 Å². The van der Waals surface area contributed by atoms with Crippen LogP contribution in [0.4, 0.5) is 5.82 Å². The van der Waals surface area contributed by atoms with Gasteiger partial charge in [0.25, 0.3) is 0 Å². The molecule has 33 heavy (non-hydrogen) atoms. The molecule has 2 aromatic heterocycles. The molecule has 0 atom stereocenters. The van der Waals surface area contributed by atoms with Crippen molar-refractivity contribution in [1.29, 1.82) is 0 Å². The number of hydrogen-bond donors (Lipinski definition) is 0. The zero-order valence-corrected chi connectivity index (χ0v) is 19.1. The van der Waals surface area contributed by atoms with Gasteiger partial charge in [0.1, 0.15) is 11.6 Å². The van der Waals surface area contributed by atoms with Crippen LogP contribution in [0, 0.1) is 6.92 Å². The van der Waals surface area contributed by atoms with Gasteiger partial charge in [-0.1, -0.05) is 42.5 Å². The van der Waals surface area contributed by atoms with Crippen LogP contribution in [0.2, 0.25) is 0 Å². The summed E-state index contributed by atoms with van der Waals surface area (Å²) in [5.41, 5.74) is 2.05. The van der Waals surface area contributed by atoms with Gasteiger partial charge < -0.3 is 4.90 Å². The minimum atomic E-state index is -3.56. The summed E-state index contributed by atoms with van der Waals surface area (Å²) in [5, 5.41) is 4.24. The third-order valence-corrected chi connectivity index (χ3v) is 7.62. The Morgan fingerprint density at radius 1 is 0.788 bits per heavy atom. The van der Waals surface area contributed by atoms with E-state index in [0.717, 1.165) is 16.9 Å². The van der Waals surface area contributed by atoms with Crippen molar-refractivity contribution in [1.82, 2.24) is 24.1 Å². The molecule has 1 aliphatic heterocycles. The van der Waals surface area contributed by atoms with Crippen LogP contribution in [0.15, 0.2) is 84.0 Å². The zero-order chi connectivity index (χ0) is 22.8. The first kappa shape index (κ1) is 21.3. The van der Waals surface area contributed by atoms with Crippen molar-refractivity contribution in [3.8, 4) is 16.9 Å². The number of hydrogen-bond acceptors (Lipinski definition) is 6. The fourth-order valence-corrected chi connectivity index (χ4v) is 5.40. The summed E-state index contributed by atoms with van der Waals surface area (Å²) in [5.74, 6) is 2.11. The van der Waals surface area contributed by atoms with Crippen molar-refractivity contribution in [3.63, 3.8) is 0 Å². The zero-order valence-electron chi connectivity index (χ0n) is 18.2. The van der Waals surface area contributed by atoms with E-state index in [4.69, 9.17) is 0 Å². The molecule has 1 fully saturated rings. The Hall–Kier alpha value is -3.56. The Balaban J connectivity index is 1.30. The van der Waals surface area contributed by atoms with E-state index < -0.39 is 10.0 Å². The standard InChI is InChI=1S/C24H24N6O2S/c1-19-26-23(18-24(27-19)30-13-5-12-25-30)28-14-16-29(17-15-28)33(31,32)22-10-8-21(9-11-22)20-6-3-2-4-7-20/h2-13,18H,14-17H2,1H3. The Morgan fingerprint density at radius 2 is 1.45 bits per heavy atom. The van der Waals surface area contributed by atoms with E-state index in [1.54, 1.807) is 27.3 Å². The van der Waals surface area contributed by atoms with E-state index in [1.165, 1.54) is 0 Å². The average Bonchev–Trinajstić information content (AvgIpc) is 3.40. The summed E-state index contributed by atoms with van der Waals surface area (Å²) in [6.07, 6.45) is 3.53. The van der Waals surface area contributed by atoms with E-state index in [1.807, 2.05) is 67.7 Å². The minimum absolute atomic E-state index is 0.314. The largest absolute Gasteiger partial charge is 0.354 e. The molecule has 5 rings (SSSR count). The van der Waals surface area contributed by atoms with E-state index in [2.05, 4.69) is 20.0 Å². The first-order valence-electron chi connectivity index (χ1n) is 10.8. The Morgan fingerprint density at radius 3 is 2.12 bits per heavy atom. The highest BCUT2D eigenvalue weighted by Gasteiger charge is 2.29. The molecule has 0 unspecified atom stereocenters. The van der Waals surface area contributed by atoms with Crippen LogP contribution >= 0.6 is 0 Å². The molecule has 0 amide bonds. The van der Waals surface area contributed by atoms with Crippen LogP contribution in [0.1, 0.15) is 5.82 Å². The maximum Gasteiger partial charge on any atom is 0.243 e. The Bertz CT molecular complexity index is 1330. The normalized spacial score (nSPS) is 15.0. The lowest BCUT2D eigenvalue weighted by molar-refractivity contribution is 0.383. The molecule has 0 saturated carbocycles. The van der Waals surface area contributed by atoms with Gasteiger partial charge in [0.15, 0.2) is 5.82 Å². The molecule has 0 N–H and O–H groups in total. The van der Waals surface area contributed by atoms with Crippen molar-refractivity contribution in [2.75, 3.05) is 31.1 Å². The first-order valence-corrected chi connectivity index (χ1v) is 12.2. The SMILES string of the molecule is Cc1nc(N2CCN(S(=O)(=O)c3ccc(-c4ccccc4)cc3)CC2)cc(-n2cccn2)n1. The molecule has 1 saturated heterocycles. The number of rotatable bonds is 5. The predicted molar refractivity (Wildman–Crippen MR) is 127 cm³/mol. The third kappa shape index (κ3) is 4.37. The van der Waals surface area contributed by atoms with Crippen LogP contribution < -0.4 is 4.90 Å². The molecule has 168 valence electrons. The second-order valence-electron chi connectivity index (χ2n) is 7.86. The number of anilines is 1. The van der Waals surface area contributed by atoms with Crippen LogP contribution in [-0.2, 0) is 10.0 Å². The third-order valence-electron chi connectivity index (χ3n) is 5.71. The predicted octanol–water partition coefficient (Wildman–Crippen LogP) is 3.15. The molecule has 0 aliphatic carbocycles. The highest BCUT2D eigenvalue weighted by atomic mass is 32.2. The summed E-state index contributed by atoms with van der Waals surface area (Å²) < 4.78 is 29.7. The maximum absolute atomic E-state index is 13.2. The van der Waals surface area contributed by atoms with Crippen LogP contribution in [0.3, 0.4) is 0 Å². The molecule has 3 heterocycles. The highest BCUT2D eigenvalue weighted by Crippen LogP contribution is 2.24. The second-order valence-corrected chi connectivity index (χ2v) is 9.80. The van der Waals surface area contributed by atoms with Crippen molar-refractivity contribution in [2.24, 2.45) is 0 Å². The summed E-state index contributed by atoms with van der Waals surface area (Å²) in [7, 11) is -3.56. The van der Waals surface area contributed by atoms with Crippen molar-refractivity contribution < 1.29 is 8.42 Å². The van der Waals surface area contributed by atoms with Gasteiger partial charge in [-0.05, 0) is 36.2 Å². The van der Waals surface area contributed by atoms with Crippen LogP contribution in [0.25, 0.3) is 16.9 Å². The fourth-order valence-electron chi connectivity index (χ4n) is 3.98. The quantitative estimate of drug-likeness (QED) is 0.455. The average molecular weight is 461 g/mol. The summed E-state index contributed by atoms with van der Waals surface area (Å²) in [6.45, 7) is 3.73. The molecule has 2 aromatic carbocycles. The van der Waals surface area contributed by atoms with Gasteiger partial charge in [-0.15, -0.1) is 0 Å². The number of aromatic nitrogens is 4. The molecule has 9 heteroatoms. The van der Waals surface area contributed by atoms with Gasteiger partial charge >= 0.3 is 0 Å². The number of benzene rings is 2. The van der Waals surface area contributed by atoms with E-state index in [0.29, 0.717) is 42.7 Å². The minimum Gasteiger partial charge on any atom is -0.354 e. The number of piperazine rings is 1. The smallest absolute Gasteiger partial charge is 0.243 e. The lowest BCUT2D eigenvalue weighted by Gasteiger charge is -2.34. The summed E-state index contributed by atoms with van der Waals surface area (Å²) in [4.78, 5) is 11.4. The topological polar surface area (TPSA) is 84.2 Å². The van der Waals surface area contributed by atoms with Gasteiger partial charge in [-0.3, -0.25) is 0 Å². The lowest BCUT2D eigenvalue weighted by Crippen LogP contribution is -2.49. The van der Waals surface area contributed by atoms with E-state index >= 15 is 0 Å². The molecule has 4 aromatic rings. The number of nitrogens with zero attached hydrogens (tertiary/aromatic N) is 6. The molecule has 0 radical (unpaired) electrons. The molecular formula is C24H24N6O2S. The molecular weight excluding hydrogens is 436 g/mol. The first-order chi connectivity index (χ1) is 16.0. The van der Waals surface area contributed by atoms with Crippen molar-refractivity contribution in [2.45, 2.75) is 11.8 Å². The van der Waals surface area contributed by atoms with Crippen molar-refractivity contribution >= 4 is 15.8 Å². The molecule has 8 nitrogen and oxygen atoms in total. The number of aryl methyl sites for hydroxylation is 1. The lowest BCUT2D eigenvalue weighted by atomic mass is 10.1. The second kappa shape index (κ2) is 8.76. The van der Waals surface area contributed by atoms with Crippen LogP contribution in [0.5, 0.6) is 0 Å². The monoisotopic (exact) mass is 460 g/mol. The van der Waals surface area contributed by atoms with Gasteiger partial charge in [0.2, 0.25) is 10.0 Å². The van der Waals surface area contributed by atoms with E-state index in [-0.39, 0.29) is 0 Å². The molecule has 0 spiro atoms. The Labute approximate surface area is 193 Å². The fraction of sp³-hybridized carbons (Fsp3) is 0.208. The highest BCUT2D eigenvalue weighted by molar-refractivity contribution is 7.89. The maximum atomic E-state index is 13.2. The summed E-state index contributed by atoms with van der Waals surface area (Å²) >= 11 is 0. The molecule has 1 aliphatic rings. The Kier molecular flexibility index (Phi) is 5.65. The van der Waals surface area contributed by atoms with Crippen LogP contribution in [-0.4, -0.2) is 58.7 Å². The number of sulfonamides is 1. The van der Waals surface area contributed by atoms with Gasteiger partial charge in [-0.25, -0.2) is 23.1 Å². The molecule has 0 bridgehead atoms. The van der Waals surface area contributed by atoms with Gasteiger partial charge in [0, 0.05) is 44.6 Å². The van der Waals surface area contributed by atoms with E-state index in [9.17, 15) is 8.42 Å². The summed E-state index contributed by atoms with van der Waals surface area (Å²) in [6, 6.07) is 20.7. The van der Waals surface area contributed by atoms with Gasteiger partial charge in [0.05, 0.1) is 4.90 Å². The van der Waals surface area contributed by atoms with Gasteiger partial charge in [-0.2, -0.15) is 9.40 Å².